The molecule has 150 valence electrons. The number of nitrogens with one attached hydrogen (secondary N) is 1. The number of thiophene rings is 1. The van der Waals surface area contributed by atoms with Crippen LogP contribution in [0.1, 0.15) is 18.7 Å². The number of aryl methyl sites for hydroxylation is 2. The Hall–Kier alpha value is -2.99. The van der Waals surface area contributed by atoms with E-state index in [1.165, 1.54) is 34.6 Å². The normalized spacial score (nSPS) is 11.4. The van der Waals surface area contributed by atoms with Crippen LogP contribution in [0.4, 0.5) is 13.9 Å². The van der Waals surface area contributed by atoms with Crippen LogP contribution in [0.5, 0.6) is 0 Å². The number of thiazole rings is 1. The zero-order valence-corrected chi connectivity index (χ0v) is 16.6. The van der Waals surface area contributed by atoms with E-state index in [1.807, 2.05) is 0 Å². The third-order valence-corrected chi connectivity index (χ3v) is 6.04. The van der Waals surface area contributed by atoms with E-state index in [4.69, 9.17) is 0 Å². The molecule has 0 fully saturated rings. The molecular formula is C17H14F2N6O2S2. The SMILES string of the molecule is Cc1nc(NC(=O)CCn2cnc3sccc3c2=O)sc1-c1nccn1C(F)F. The van der Waals surface area contributed by atoms with Gasteiger partial charge in [0.2, 0.25) is 5.91 Å². The molecule has 0 spiro atoms. The monoisotopic (exact) mass is 436 g/mol. The van der Waals surface area contributed by atoms with E-state index < -0.39 is 6.55 Å². The minimum Gasteiger partial charge on any atom is -0.302 e. The summed E-state index contributed by atoms with van der Waals surface area (Å²) in [5.41, 5.74) is 0.289. The van der Waals surface area contributed by atoms with Crippen molar-refractivity contribution in [3.05, 3.63) is 46.2 Å². The van der Waals surface area contributed by atoms with Gasteiger partial charge in [0.15, 0.2) is 11.0 Å². The number of halogens is 2. The summed E-state index contributed by atoms with van der Waals surface area (Å²) in [6.07, 6.45) is 3.93. The summed E-state index contributed by atoms with van der Waals surface area (Å²) in [6.45, 7) is -0.900. The summed E-state index contributed by atoms with van der Waals surface area (Å²) in [5, 5.41) is 5.24. The van der Waals surface area contributed by atoms with Gasteiger partial charge in [-0.3, -0.25) is 18.7 Å². The Kier molecular flexibility index (Phi) is 5.20. The van der Waals surface area contributed by atoms with Gasteiger partial charge < -0.3 is 5.32 Å². The van der Waals surface area contributed by atoms with Gasteiger partial charge in [-0.15, -0.1) is 11.3 Å². The van der Waals surface area contributed by atoms with E-state index in [1.54, 1.807) is 18.4 Å². The Morgan fingerprint density at radius 3 is 2.97 bits per heavy atom. The maximum Gasteiger partial charge on any atom is 0.320 e. The highest BCUT2D eigenvalue weighted by atomic mass is 32.1. The van der Waals surface area contributed by atoms with E-state index in [0.29, 0.717) is 20.8 Å². The molecule has 0 unspecified atom stereocenters. The van der Waals surface area contributed by atoms with Crippen LogP contribution in [0, 0.1) is 6.92 Å². The fourth-order valence-corrected chi connectivity index (χ4v) is 4.47. The topological polar surface area (TPSA) is 94.7 Å². The Morgan fingerprint density at radius 1 is 1.34 bits per heavy atom. The number of anilines is 1. The molecule has 0 saturated carbocycles. The number of rotatable bonds is 6. The summed E-state index contributed by atoms with van der Waals surface area (Å²) in [4.78, 5) is 38.1. The standard InChI is InChI=1S/C17H14F2N6O2S2/c1-9-12(13-20-4-6-25(13)16(18)19)29-17(22-9)23-11(26)2-5-24-8-21-14-10(15(24)27)3-7-28-14/h3-4,6-8,16H,2,5H2,1H3,(H,22,23,26). The average molecular weight is 436 g/mol. The molecule has 0 radical (unpaired) electrons. The van der Waals surface area contributed by atoms with Gasteiger partial charge in [-0.25, -0.2) is 15.0 Å². The third kappa shape index (κ3) is 3.80. The van der Waals surface area contributed by atoms with E-state index >= 15 is 0 Å². The Bertz CT molecular complexity index is 1240. The van der Waals surface area contributed by atoms with E-state index in [2.05, 4.69) is 20.3 Å². The second-order valence-electron chi connectivity index (χ2n) is 6.05. The number of amides is 1. The maximum absolute atomic E-state index is 13.1. The lowest BCUT2D eigenvalue weighted by Crippen LogP contribution is -2.23. The number of alkyl halides is 2. The molecular weight excluding hydrogens is 422 g/mol. The number of hydrogen-bond donors (Lipinski definition) is 1. The first-order valence-electron chi connectivity index (χ1n) is 8.45. The smallest absolute Gasteiger partial charge is 0.302 e. The van der Waals surface area contributed by atoms with Crippen LogP contribution in [0.3, 0.4) is 0 Å². The predicted octanol–water partition coefficient (Wildman–Crippen LogP) is 3.51. The number of carbonyl (C=O) groups is 1. The molecule has 0 aromatic carbocycles. The van der Waals surface area contributed by atoms with Crippen LogP contribution in [0.15, 0.2) is 35.0 Å². The quantitative estimate of drug-likeness (QED) is 0.499. The van der Waals surface area contributed by atoms with Gasteiger partial charge in [0, 0.05) is 25.4 Å². The van der Waals surface area contributed by atoms with Crippen LogP contribution in [0.2, 0.25) is 0 Å². The van der Waals surface area contributed by atoms with Crippen LogP contribution in [-0.2, 0) is 11.3 Å². The highest BCUT2D eigenvalue weighted by Crippen LogP contribution is 2.33. The molecule has 8 nitrogen and oxygen atoms in total. The van der Waals surface area contributed by atoms with Crippen molar-refractivity contribution in [3.63, 3.8) is 0 Å². The fourth-order valence-electron chi connectivity index (χ4n) is 2.76. The second kappa shape index (κ2) is 7.79. The number of fused-ring (bicyclic) bond motifs is 1. The van der Waals surface area contributed by atoms with Crippen molar-refractivity contribution >= 4 is 43.9 Å². The van der Waals surface area contributed by atoms with Crippen LogP contribution in [0.25, 0.3) is 20.9 Å². The molecule has 0 atom stereocenters. The summed E-state index contributed by atoms with van der Waals surface area (Å²) >= 11 is 2.44. The van der Waals surface area contributed by atoms with Crippen molar-refractivity contribution in [1.82, 2.24) is 24.1 Å². The molecule has 0 aliphatic heterocycles. The van der Waals surface area contributed by atoms with Crippen molar-refractivity contribution in [2.24, 2.45) is 0 Å². The van der Waals surface area contributed by atoms with Gasteiger partial charge in [-0.1, -0.05) is 11.3 Å². The summed E-state index contributed by atoms with van der Waals surface area (Å²) in [6, 6.07) is 1.70. The molecule has 4 aromatic rings. The maximum atomic E-state index is 13.1. The van der Waals surface area contributed by atoms with Gasteiger partial charge in [-0.2, -0.15) is 8.78 Å². The van der Waals surface area contributed by atoms with Gasteiger partial charge in [-0.05, 0) is 18.4 Å². The lowest BCUT2D eigenvalue weighted by molar-refractivity contribution is -0.116. The molecule has 0 saturated heterocycles. The first-order chi connectivity index (χ1) is 13.9. The summed E-state index contributed by atoms with van der Waals surface area (Å²) in [5.74, 6) is -0.253. The lowest BCUT2D eigenvalue weighted by atomic mass is 10.3. The van der Waals surface area contributed by atoms with Crippen LogP contribution >= 0.6 is 22.7 Å². The molecule has 1 N–H and O–H groups in total. The van der Waals surface area contributed by atoms with Crippen molar-refractivity contribution < 1.29 is 13.6 Å². The Morgan fingerprint density at radius 2 is 2.17 bits per heavy atom. The van der Waals surface area contributed by atoms with Gasteiger partial charge in [0.25, 0.3) is 5.56 Å². The van der Waals surface area contributed by atoms with Gasteiger partial charge in [0.05, 0.1) is 22.3 Å². The summed E-state index contributed by atoms with van der Waals surface area (Å²) in [7, 11) is 0. The molecule has 0 aliphatic carbocycles. The van der Waals surface area contributed by atoms with Crippen LogP contribution < -0.4 is 10.9 Å². The Balaban J connectivity index is 1.45. The van der Waals surface area contributed by atoms with Gasteiger partial charge >= 0.3 is 6.55 Å². The highest BCUT2D eigenvalue weighted by Gasteiger charge is 2.19. The zero-order valence-electron chi connectivity index (χ0n) is 15.0. The summed E-state index contributed by atoms with van der Waals surface area (Å²) < 4.78 is 28.3. The fraction of sp³-hybridized carbons (Fsp3) is 0.235. The average Bonchev–Trinajstić information content (AvgIpc) is 3.40. The predicted molar refractivity (Wildman–Crippen MR) is 106 cm³/mol. The Labute approximate surface area is 170 Å². The van der Waals surface area contributed by atoms with E-state index in [0.717, 1.165) is 15.9 Å². The van der Waals surface area contributed by atoms with Crippen molar-refractivity contribution in [2.45, 2.75) is 26.4 Å². The van der Waals surface area contributed by atoms with Crippen molar-refractivity contribution in [1.29, 1.82) is 0 Å². The molecule has 4 rings (SSSR count). The molecule has 0 aliphatic rings. The first kappa shape index (κ1) is 19.3. The molecule has 4 heterocycles. The number of nitrogens with zero attached hydrogens (tertiary/aromatic N) is 5. The minimum atomic E-state index is -2.72. The first-order valence-corrected chi connectivity index (χ1v) is 10.1. The van der Waals surface area contributed by atoms with Gasteiger partial charge in [0.1, 0.15) is 4.83 Å². The molecule has 12 heteroatoms. The lowest BCUT2D eigenvalue weighted by Gasteiger charge is -2.05. The highest BCUT2D eigenvalue weighted by molar-refractivity contribution is 7.19. The van der Waals surface area contributed by atoms with E-state index in [-0.39, 0.29) is 35.4 Å². The van der Waals surface area contributed by atoms with Crippen molar-refractivity contribution in [3.8, 4) is 10.7 Å². The third-order valence-electron chi connectivity index (χ3n) is 4.16. The molecule has 4 aromatic heterocycles. The minimum absolute atomic E-state index is 0.0385. The van der Waals surface area contributed by atoms with E-state index in [9.17, 15) is 18.4 Å². The second-order valence-corrected chi connectivity index (χ2v) is 7.94. The number of hydrogen-bond acceptors (Lipinski definition) is 7. The molecule has 1 amide bonds. The van der Waals surface area contributed by atoms with Crippen molar-refractivity contribution in [2.75, 3.05) is 5.32 Å². The number of carbonyl (C=O) groups excluding carboxylic acids is 1. The number of aromatic nitrogens is 5. The molecule has 29 heavy (non-hydrogen) atoms. The number of imidazole rings is 1. The zero-order chi connectivity index (χ0) is 20.5. The molecule has 0 bridgehead atoms. The van der Waals surface area contributed by atoms with Crippen LogP contribution in [-0.4, -0.2) is 30.0 Å². The largest absolute Gasteiger partial charge is 0.320 e.